The van der Waals surface area contributed by atoms with Crippen LogP contribution in [0.3, 0.4) is 0 Å². The molecular formula is C10H8BrN3. The van der Waals surface area contributed by atoms with Crippen molar-refractivity contribution in [3.05, 3.63) is 28.5 Å². The summed E-state index contributed by atoms with van der Waals surface area (Å²) in [4.78, 5) is 7.54. The minimum absolute atomic E-state index is 0.501. The number of nitrogens with one attached hydrogen (secondary N) is 1. The molecule has 1 aromatic carbocycles. The predicted octanol–water partition coefficient (Wildman–Crippen LogP) is 2.78. The molecule has 14 heavy (non-hydrogen) atoms. The minimum atomic E-state index is 0.501. The summed E-state index contributed by atoms with van der Waals surface area (Å²) in [5.41, 5.74) is 1.95. The molecule has 2 rings (SSSR count). The van der Waals surface area contributed by atoms with E-state index in [0.29, 0.717) is 12.8 Å². The maximum atomic E-state index is 8.45. The fourth-order valence-corrected chi connectivity index (χ4v) is 1.69. The third kappa shape index (κ3) is 1.78. The molecule has 0 spiro atoms. The molecule has 1 N–H and O–H groups in total. The van der Waals surface area contributed by atoms with Gasteiger partial charge in [0.2, 0.25) is 0 Å². The quantitative estimate of drug-likeness (QED) is 0.890. The Balaban J connectivity index is 2.37. The Kier molecular flexibility index (Phi) is 2.51. The maximum Gasteiger partial charge on any atom is 0.108 e. The zero-order valence-electron chi connectivity index (χ0n) is 7.42. The van der Waals surface area contributed by atoms with Crippen LogP contribution in [0.25, 0.3) is 11.0 Å². The van der Waals surface area contributed by atoms with Crippen LogP contribution < -0.4 is 0 Å². The van der Waals surface area contributed by atoms with Crippen molar-refractivity contribution in [1.29, 1.82) is 5.26 Å². The van der Waals surface area contributed by atoms with Gasteiger partial charge in [0.15, 0.2) is 0 Å². The third-order valence-corrected chi connectivity index (χ3v) is 2.46. The van der Waals surface area contributed by atoms with Crippen molar-refractivity contribution < 1.29 is 0 Å². The van der Waals surface area contributed by atoms with Gasteiger partial charge >= 0.3 is 0 Å². The molecule has 1 heterocycles. The van der Waals surface area contributed by atoms with Gasteiger partial charge in [-0.25, -0.2) is 4.98 Å². The highest BCUT2D eigenvalue weighted by Gasteiger charge is 2.02. The largest absolute Gasteiger partial charge is 0.342 e. The number of aromatic nitrogens is 2. The second-order valence-corrected chi connectivity index (χ2v) is 3.92. The Labute approximate surface area is 89.9 Å². The molecule has 2 aromatic rings. The molecule has 0 aliphatic rings. The second kappa shape index (κ2) is 3.81. The topological polar surface area (TPSA) is 52.5 Å². The van der Waals surface area contributed by atoms with E-state index >= 15 is 0 Å². The fourth-order valence-electron chi connectivity index (χ4n) is 1.33. The SMILES string of the molecule is N#CCCc1nc2ccc(Br)cc2[nH]1. The van der Waals surface area contributed by atoms with E-state index in [1.807, 2.05) is 18.2 Å². The summed E-state index contributed by atoms with van der Waals surface area (Å²) in [5, 5.41) is 8.45. The first-order valence-corrected chi connectivity index (χ1v) is 5.10. The number of benzene rings is 1. The Bertz CT molecular complexity index is 496. The van der Waals surface area contributed by atoms with Gasteiger partial charge in [-0.2, -0.15) is 5.26 Å². The second-order valence-electron chi connectivity index (χ2n) is 3.00. The standard InChI is InChI=1S/C10H8BrN3/c11-7-3-4-8-9(6-7)14-10(13-8)2-1-5-12/h3-4,6H,1-2H2,(H,13,14). The summed E-state index contributed by atoms with van der Waals surface area (Å²) >= 11 is 3.39. The minimum Gasteiger partial charge on any atom is -0.342 e. The van der Waals surface area contributed by atoms with Gasteiger partial charge in [0.25, 0.3) is 0 Å². The number of fused-ring (bicyclic) bond motifs is 1. The number of nitriles is 1. The number of aromatic amines is 1. The zero-order valence-corrected chi connectivity index (χ0v) is 9.00. The molecule has 0 bridgehead atoms. The lowest BCUT2D eigenvalue weighted by Gasteiger charge is -1.88. The van der Waals surface area contributed by atoms with Crippen molar-refractivity contribution in [1.82, 2.24) is 9.97 Å². The van der Waals surface area contributed by atoms with Gasteiger partial charge in [0, 0.05) is 17.3 Å². The molecule has 1 aromatic heterocycles. The van der Waals surface area contributed by atoms with Crippen LogP contribution in [0.5, 0.6) is 0 Å². The van der Waals surface area contributed by atoms with Crippen LogP contribution in [0.15, 0.2) is 22.7 Å². The summed E-state index contributed by atoms with van der Waals surface area (Å²) < 4.78 is 1.03. The average molecular weight is 250 g/mol. The van der Waals surface area contributed by atoms with Gasteiger partial charge in [-0.05, 0) is 18.2 Å². The van der Waals surface area contributed by atoms with Crippen molar-refractivity contribution >= 4 is 27.0 Å². The van der Waals surface area contributed by atoms with Crippen LogP contribution in [-0.4, -0.2) is 9.97 Å². The van der Waals surface area contributed by atoms with Gasteiger partial charge in [-0.15, -0.1) is 0 Å². The molecule has 0 aliphatic heterocycles. The fraction of sp³-hybridized carbons (Fsp3) is 0.200. The Morgan fingerprint density at radius 2 is 2.36 bits per heavy atom. The lowest BCUT2D eigenvalue weighted by atomic mass is 10.3. The van der Waals surface area contributed by atoms with Gasteiger partial charge < -0.3 is 4.98 Å². The number of halogens is 1. The van der Waals surface area contributed by atoms with E-state index in [1.54, 1.807) is 0 Å². The number of nitrogens with zero attached hydrogens (tertiary/aromatic N) is 2. The third-order valence-electron chi connectivity index (χ3n) is 1.97. The number of hydrogen-bond acceptors (Lipinski definition) is 2. The molecule has 0 aliphatic carbocycles. The molecular weight excluding hydrogens is 242 g/mol. The van der Waals surface area contributed by atoms with Gasteiger partial charge in [0.05, 0.1) is 17.1 Å². The van der Waals surface area contributed by atoms with E-state index < -0.39 is 0 Å². The van der Waals surface area contributed by atoms with E-state index in [4.69, 9.17) is 5.26 Å². The van der Waals surface area contributed by atoms with Crippen LogP contribution in [0.2, 0.25) is 0 Å². The van der Waals surface area contributed by atoms with E-state index in [2.05, 4.69) is 32.0 Å². The van der Waals surface area contributed by atoms with E-state index in [1.165, 1.54) is 0 Å². The van der Waals surface area contributed by atoms with Gasteiger partial charge in [0.1, 0.15) is 5.82 Å². The van der Waals surface area contributed by atoms with Crippen LogP contribution >= 0.6 is 15.9 Å². The zero-order chi connectivity index (χ0) is 9.97. The molecule has 4 heteroatoms. The number of rotatable bonds is 2. The Morgan fingerprint density at radius 3 is 3.14 bits per heavy atom. The number of hydrogen-bond donors (Lipinski definition) is 1. The van der Waals surface area contributed by atoms with E-state index in [-0.39, 0.29) is 0 Å². The predicted molar refractivity (Wildman–Crippen MR) is 57.7 cm³/mol. The van der Waals surface area contributed by atoms with Crippen molar-refractivity contribution in [2.75, 3.05) is 0 Å². The number of H-pyrrole nitrogens is 1. The molecule has 3 nitrogen and oxygen atoms in total. The number of imidazole rings is 1. The first kappa shape index (κ1) is 9.22. The maximum absolute atomic E-state index is 8.45. The lowest BCUT2D eigenvalue weighted by Crippen LogP contribution is -1.85. The van der Waals surface area contributed by atoms with Gasteiger partial charge in [-0.1, -0.05) is 15.9 Å². The normalized spacial score (nSPS) is 10.3. The summed E-state index contributed by atoms with van der Waals surface area (Å²) in [6.07, 6.45) is 1.18. The highest BCUT2D eigenvalue weighted by atomic mass is 79.9. The average Bonchev–Trinajstić information content (AvgIpc) is 2.56. The van der Waals surface area contributed by atoms with Crippen LogP contribution in [0.1, 0.15) is 12.2 Å². The van der Waals surface area contributed by atoms with Crippen LogP contribution in [0.4, 0.5) is 0 Å². The van der Waals surface area contributed by atoms with Gasteiger partial charge in [-0.3, -0.25) is 0 Å². The van der Waals surface area contributed by atoms with Crippen molar-refractivity contribution in [3.8, 4) is 6.07 Å². The first-order valence-electron chi connectivity index (χ1n) is 4.30. The molecule has 0 unspecified atom stereocenters. The van der Waals surface area contributed by atoms with Crippen LogP contribution in [0, 0.1) is 11.3 Å². The highest BCUT2D eigenvalue weighted by molar-refractivity contribution is 9.10. The summed E-state index contributed by atoms with van der Waals surface area (Å²) in [5.74, 6) is 0.875. The molecule has 0 atom stereocenters. The Hall–Kier alpha value is -1.34. The molecule has 0 saturated heterocycles. The Morgan fingerprint density at radius 1 is 1.50 bits per heavy atom. The van der Waals surface area contributed by atoms with Crippen molar-refractivity contribution in [3.63, 3.8) is 0 Å². The molecule has 0 radical (unpaired) electrons. The van der Waals surface area contributed by atoms with E-state index in [9.17, 15) is 0 Å². The smallest absolute Gasteiger partial charge is 0.108 e. The summed E-state index contributed by atoms with van der Waals surface area (Å²) in [6.45, 7) is 0. The molecule has 0 saturated carbocycles. The summed E-state index contributed by atoms with van der Waals surface area (Å²) in [7, 11) is 0. The van der Waals surface area contributed by atoms with E-state index in [0.717, 1.165) is 21.3 Å². The highest BCUT2D eigenvalue weighted by Crippen LogP contribution is 2.17. The number of aryl methyl sites for hydroxylation is 1. The van der Waals surface area contributed by atoms with Crippen molar-refractivity contribution in [2.24, 2.45) is 0 Å². The summed E-state index contributed by atoms with van der Waals surface area (Å²) in [6, 6.07) is 7.99. The van der Waals surface area contributed by atoms with Crippen LogP contribution in [-0.2, 0) is 6.42 Å². The molecule has 0 fully saturated rings. The van der Waals surface area contributed by atoms with Crippen molar-refractivity contribution in [2.45, 2.75) is 12.8 Å². The molecule has 70 valence electrons. The first-order chi connectivity index (χ1) is 6.79. The monoisotopic (exact) mass is 249 g/mol. The molecule has 0 amide bonds. The lowest BCUT2D eigenvalue weighted by molar-refractivity contribution is 0.924.